The summed E-state index contributed by atoms with van der Waals surface area (Å²) in [5, 5.41) is 5.76. The molecule has 0 fully saturated rings. The highest BCUT2D eigenvalue weighted by Crippen LogP contribution is 2.17. The van der Waals surface area contributed by atoms with Crippen molar-refractivity contribution in [3.8, 4) is 5.75 Å². The number of carbonyl (C=O) groups excluding carboxylic acids is 1. The van der Waals surface area contributed by atoms with Gasteiger partial charge in [0.2, 0.25) is 0 Å². The lowest BCUT2D eigenvalue weighted by molar-refractivity contribution is 0.0963. The third-order valence-electron chi connectivity index (χ3n) is 4.01. The highest BCUT2D eigenvalue weighted by molar-refractivity contribution is 5.98. The van der Waals surface area contributed by atoms with E-state index >= 15 is 0 Å². The van der Waals surface area contributed by atoms with Gasteiger partial charge < -0.3 is 15.4 Å². The summed E-state index contributed by atoms with van der Waals surface area (Å²) in [6, 6.07) is 17.5. The third-order valence-corrected chi connectivity index (χ3v) is 4.01. The van der Waals surface area contributed by atoms with Crippen LogP contribution in [0.3, 0.4) is 0 Å². The van der Waals surface area contributed by atoms with Gasteiger partial charge in [0, 0.05) is 25.4 Å². The largest absolute Gasteiger partial charge is 0.489 e. The van der Waals surface area contributed by atoms with Crippen molar-refractivity contribution >= 4 is 11.7 Å². The molecule has 1 heterocycles. The average molecular weight is 365 g/mol. The Hall–Kier alpha value is -3.41. The van der Waals surface area contributed by atoms with Crippen molar-refractivity contribution in [2.24, 2.45) is 0 Å². The van der Waals surface area contributed by atoms with Gasteiger partial charge in [-0.05, 0) is 35.9 Å². The van der Waals surface area contributed by atoms with Gasteiger partial charge in [-0.15, -0.1) is 0 Å². The molecule has 0 aliphatic carbocycles. The Balaban J connectivity index is 1.59. The summed E-state index contributed by atoms with van der Waals surface area (Å²) >= 11 is 0. The minimum atomic E-state index is -0.277. The number of rotatable bonds is 7. The lowest BCUT2D eigenvalue weighted by Gasteiger charge is -2.11. The summed E-state index contributed by atoms with van der Waals surface area (Å²) in [5.41, 5.74) is 2.01. The van der Waals surface area contributed by atoms with E-state index in [1.165, 1.54) is 6.07 Å². The number of nitrogens with zero attached hydrogens (tertiary/aromatic N) is 1. The van der Waals surface area contributed by atoms with Crippen LogP contribution < -0.4 is 15.4 Å². The number of benzene rings is 2. The molecule has 0 radical (unpaired) electrons. The highest BCUT2D eigenvalue weighted by atomic mass is 19.1. The second-order valence-corrected chi connectivity index (χ2v) is 5.86. The van der Waals surface area contributed by atoms with Crippen LogP contribution in [0.25, 0.3) is 0 Å². The molecule has 6 heteroatoms. The Morgan fingerprint density at radius 2 is 1.85 bits per heavy atom. The van der Waals surface area contributed by atoms with Crippen LogP contribution in [0.1, 0.15) is 21.5 Å². The maximum atomic E-state index is 13.6. The summed E-state index contributed by atoms with van der Waals surface area (Å²) in [6.45, 7) is 0.683. The monoisotopic (exact) mass is 365 g/mol. The zero-order valence-corrected chi connectivity index (χ0v) is 14.9. The number of anilines is 1. The van der Waals surface area contributed by atoms with E-state index in [1.807, 2.05) is 24.3 Å². The molecule has 0 aliphatic heterocycles. The zero-order chi connectivity index (χ0) is 19.1. The number of halogens is 1. The van der Waals surface area contributed by atoms with Gasteiger partial charge in [-0.2, -0.15) is 0 Å². The number of nitrogens with one attached hydrogen (secondary N) is 2. The minimum absolute atomic E-state index is 0.174. The molecule has 0 aliphatic rings. The van der Waals surface area contributed by atoms with Crippen molar-refractivity contribution in [3.63, 3.8) is 0 Å². The number of hydrogen-bond acceptors (Lipinski definition) is 4. The van der Waals surface area contributed by atoms with Gasteiger partial charge >= 0.3 is 0 Å². The second kappa shape index (κ2) is 8.80. The first-order chi connectivity index (χ1) is 13.2. The molecule has 2 N–H and O–H groups in total. The number of ether oxygens (including phenoxy) is 1. The normalized spacial score (nSPS) is 10.3. The zero-order valence-electron chi connectivity index (χ0n) is 14.9. The van der Waals surface area contributed by atoms with E-state index in [0.717, 1.165) is 5.56 Å². The molecule has 0 saturated heterocycles. The van der Waals surface area contributed by atoms with Crippen molar-refractivity contribution in [1.29, 1.82) is 0 Å². The van der Waals surface area contributed by atoms with Crippen LogP contribution >= 0.6 is 0 Å². The first-order valence-corrected chi connectivity index (χ1v) is 8.53. The summed E-state index contributed by atoms with van der Waals surface area (Å²) < 4.78 is 19.2. The van der Waals surface area contributed by atoms with E-state index in [0.29, 0.717) is 29.2 Å². The Morgan fingerprint density at radius 3 is 2.59 bits per heavy atom. The molecule has 3 aromatic rings. The Bertz CT molecular complexity index is 913. The molecule has 0 atom stereocenters. The maximum Gasteiger partial charge on any atom is 0.254 e. The van der Waals surface area contributed by atoms with Gasteiger partial charge in [-0.25, -0.2) is 9.37 Å². The molecule has 27 heavy (non-hydrogen) atoms. The van der Waals surface area contributed by atoms with Crippen LogP contribution in [0.5, 0.6) is 5.75 Å². The standard InChI is InChI=1S/C21H20FN3O2/c1-23-21(26)18-6-4-12-24-20(18)25-13-15-8-10-17(11-9-15)27-14-16-5-2-3-7-19(16)22/h2-12H,13-14H2,1H3,(H,23,26)(H,24,25). The van der Waals surface area contributed by atoms with E-state index in [4.69, 9.17) is 4.74 Å². The fraction of sp³-hybridized carbons (Fsp3) is 0.143. The van der Waals surface area contributed by atoms with Crippen LogP contribution in [-0.4, -0.2) is 17.9 Å². The van der Waals surface area contributed by atoms with E-state index < -0.39 is 0 Å². The Kier molecular flexibility index (Phi) is 5.99. The van der Waals surface area contributed by atoms with E-state index in [1.54, 1.807) is 43.6 Å². The number of aromatic nitrogens is 1. The van der Waals surface area contributed by atoms with Gasteiger partial charge in [-0.1, -0.05) is 30.3 Å². The minimum Gasteiger partial charge on any atom is -0.489 e. The summed E-state index contributed by atoms with van der Waals surface area (Å²) in [7, 11) is 1.58. The predicted octanol–water partition coefficient (Wildman–Crippen LogP) is 3.77. The molecule has 0 saturated carbocycles. The molecule has 0 spiro atoms. The smallest absolute Gasteiger partial charge is 0.254 e. The maximum absolute atomic E-state index is 13.6. The first-order valence-electron chi connectivity index (χ1n) is 8.53. The van der Waals surface area contributed by atoms with Crippen LogP contribution in [0.2, 0.25) is 0 Å². The van der Waals surface area contributed by atoms with Gasteiger partial charge in [0.25, 0.3) is 5.91 Å². The summed E-state index contributed by atoms with van der Waals surface area (Å²) in [4.78, 5) is 16.1. The van der Waals surface area contributed by atoms with Crippen LogP contribution in [0, 0.1) is 5.82 Å². The molecule has 2 aromatic carbocycles. The molecule has 1 aromatic heterocycles. The number of pyridine rings is 1. The number of carbonyl (C=O) groups is 1. The van der Waals surface area contributed by atoms with E-state index in [-0.39, 0.29) is 18.3 Å². The van der Waals surface area contributed by atoms with Gasteiger partial charge in [0.05, 0.1) is 5.56 Å². The fourth-order valence-corrected chi connectivity index (χ4v) is 2.53. The molecule has 5 nitrogen and oxygen atoms in total. The number of hydrogen-bond donors (Lipinski definition) is 2. The Labute approximate surface area is 157 Å². The molecule has 0 unspecified atom stereocenters. The number of amides is 1. The predicted molar refractivity (Wildman–Crippen MR) is 102 cm³/mol. The molecule has 1 amide bonds. The topological polar surface area (TPSA) is 63.2 Å². The van der Waals surface area contributed by atoms with Crippen LogP contribution in [0.15, 0.2) is 66.9 Å². The van der Waals surface area contributed by atoms with Crippen molar-refractivity contribution in [3.05, 3.63) is 89.4 Å². The quantitative estimate of drug-likeness (QED) is 0.669. The molecule has 3 rings (SSSR count). The average Bonchev–Trinajstić information content (AvgIpc) is 2.72. The SMILES string of the molecule is CNC(=O)c1cccnc1NCc1ccc(OCc2ccccc2F)cc1. The van der Waals surface area contributed by atoms with Crippen molar-refractivity contribution in [2.45, 2.75) is 13.2 Å². The molecule has 0 bridgehead atoms. The van der Waals surface area contributed by atoms with Gasteiger partial charge in [0.1, 0.15) is 24.0 Å². The third kappa shape index (κ3) is 4.82. The van der Waals surface area contributed by atoms with Crippen molar-refractivity contribution < 1.29 is 13.9 Å². The molecule has 138 valence electrons. The van der Waals surface area contributed by atoms with Gasteiger partial charge in [0.15, 0.2) is 0 Å². The van der Waals surface area contributed by atoms with E-state index in [2.05, 4.69) is 15.6 Å². The van der Waals surface area contributed by atoms with Crippen molar-refractivity contribution in [2.75, 3.05) is 12.4 Å². The van der Waals surface area contributed by atoms with Crippen LogP contribution in [-0.2, 0) is 13.2 Å². The van der Waals surface area contributed by atoms with E-state index in [9.17, 15) is 9.18 Å². The summed E-state index contributed by atoms with van der Waals surface area (Å²) in [5.74, 6) is 0.714. The molecular formula is C21H20FN3O2. The lowest BCUT2D eigenvalue weighted by Crippen LogP contribution is -2.20. The molecular weight excluding hydrogens is 345 g/mol. The first kappa shape index (κ1) is 18.4. The van der Waals surface area contributed by atoms with Gasteiger partial charge in [-0.3, -0.25) is 4.79 Å². The summed E-state index contributed by atoms with van der Waals surface area (Å²) in [6.07, 6.45) is 1.63. The fourth-order valence-electron chi connectivity index (χ4n) is 2.53. The Morgan fingerprint density at radius 1 is 1.07 bits per heavy atom. The lowest BCUT2D eigenvalue weighted by atomic mass is 10.2. The van der Waals surface area contributed by atoms with Crippen molar-refractivity contribution in [1.82, 2.24) is 10.3 Å². The van der Waals surface area contributed by atoms with Crippen LogP contribution in [0.4, 0.5) is 10.2 Å². The second-order valence-electron chi connectivity index (χ2n) is 5.86. The highest BCUT2D eigenvalue weighted by Gasteiger charge is 2.10.